The van der Waals surface area contributed by atoms with Crippen LogP contribution in [0, 0.1) is 11.8 Å². The molecular weight excluding hydrogens is 296 g/mol. The van der Waals surface area contributed by atoms with Gasteiger partial charge in [0.1, 0.15) is 5.69 Å². The van der Waals surface area contributed by atoms with Crippen molar-refractivity contribution in [3.8, 4) is 0 Å². The van der Waals surface area contributed by atoms with Crippen molar-refractivity contribution in [2.75, 3.05) is 32.8 Å². The molecule has 122 valence electrons. The van der Waals surface area contributed by atoms with E-state index in [0.717, 1.165) is 39.0 Å². The topological polar surface area (TPSA) is 75.6 Å². The maximum absolute atomic E-state index is 12.4. The number of rotatable bonds is 2. The van der Waals surface area contributed by atoms with Crippen molar-refractivity contribution in [3.05, 3.63) is 24.3 Å². The van der Waals surface area contributed by atoms with Gasteiger partial charge in [-0.2, -0.15) is 0 Å². The largest absolute Gasteiger partial charge is 0.465 e. The molecule has 3 saturated heterocycles. The van der Waals surface area contributed by atoms with Gasteiger partial charge in [-0.1, -0.05) is 0 Å². The van der Waals surface area contributed by atoms with E-state index in [1.165, 1.54) is 6.20 Å². The number of carbonyl (C=O) groups excluding carboxylic acids is 2. The first-order chi connectivity index (χ1) is 11.2. The summed E-state index contributed by atoms with van der Waals surface area (Å²) < 4.78 is 5.12. The molecule has 2 atom stereocenters. The Hall–Kier alpha value is -2.02. The second-order valence-corrected chi connectivity index (χ2v) is 6.56. The lowest BCUT2D eigenvalue weighted by atomic mass is 10.0. The van der Waals surface area contributed by atoms with E-state index in [1.54, 1.807) is 12.4 Å². The Morgan fingerprint density at radius 2 is 2.04 bits per heavy atom. The van der Waals surface area contributed by atoms with Crippen LogP contribution in [0.1, 0.15) is 23.3 Å². The molecule has 1 aromatic heterocycles. The average Bonchev–Trinajstić information content (AvgIpc) is 3.18. The van der Waals surface area contributed by atoms with Gasteiger partial charge < -0.3 is 9.64 Å². The van der Waals surface area contributed by atoms with E-state index in [2.05, 4.69) is 14.9 Å². The highest BCUT2D eigenvalue weighted by atomic mass is 16.5. The summed E-state index contributed by atoms with van der Waals surface area (Å²) in [6, 6.07) is 0.458. The summed E-state index contributed by atoms with van der Waals surface area (Å²) in [5.74, 6) is 0.349. The first-order valence-electron chi connectivity index (χ1n) is 8.18. The molecule has 4 heterocycles. The number of piperidine rings is 1. The van der Waals surface area contributed by atoms with Crippen LogP contribution < -0.4 is 0 Å². The number of amides is 1. The molecule has 0 aliphatic carbocycles. The molecule has 1 aromatic rings. The van der Waals surface area contributed by atoms with Crippen LogP contribution in [0.3, 0.4) is 0 Å². The molecule has 0 radical (unpaired) electrons. The number of esters is 1. The third-order valence-corrected chi connectivity index (χ3v) is 5.26. The quantitative estimate of drug-likeness (QED) is 0.725. The second kappa shape index (κ2) is 5.88. The molecule has 3 aliphatic rings. The number of cyclic esters (lactones) is 1. The highest BCUT2D eigenvalue weighted by Gasteiger charge is 2.46. The smallest absolute Gasteiger partial charge is 0.310 e. The number of hydrogen-bond acceptors (Lipinski definition) is 6. The Balaban J connectivity index is 1.33. The summed E-state index contributed by atoms with van der Waals surface area (Å²) in [5, 5.41) is 0. The third kappa shape index (κ3) is 2.69. The van der Waals surface area contributed by atoms with Gasteiger partial charge in [0, 0.05) is 50.5 Å². The lowest BCUT2D eigenvalue weighted by Gasteiger charge is -2.36. The Morgan fingerprint density at radius 3 is 2.74 bits per heavy atom. The number of carbonyl (C=O) groups is 2. The molecule has 0 bridgehead atoms. The molecule has 3 fully saturated rings. The number of likely N-dealkylation sites (tertiary alicyclic amines) is 2. The molecule has 4 rings (SSSR count). The van der Waals surface area contributed by atoms with E-state index < -0.39 is 0 Å². The first kappa shape index (κ1) is 14.6. The van der Waals surface area contributed by atoms with Crippen LogP contribution in [0.2, 0.25) is 0 Å². The zero-order valence-corrected chi connectivity index (χ0v) is 12.9. The predicted octanol–water partition coefficient (Wildman–Crippen LogP) is 0.186. The molecule has 7 nitrogen and oxygen atoms in total. The third-order valence-electron chi connectivity index (χ3n) is 5.26. The van der Waals surface area contributed by atoms with Gasteiger partial charge in [0.15, 0.2) is 0 Å². The minimum atomic E-state index is -0.0431. The predicted molar refractivity (Wildman–Crippen MR) is 80.5 cm³/mol. The van der Waals surface area contributed by atoms with Crippen molar-refractivity contribution in [1.82, 2.24) is 19.8 Å². The summed E-state index contributed by atoms with van der Waals surface area (Å²) in [6.07, 6.45) is 6.52. The van der Waals surface area contributed by atoms with Gasteiger partial charge in [-0.15, -0.1) is 0 Å². The first-order valence-corrected chi connectivity index (χ1v) is 8.18. The van der Waals surface area contributed by atoms with E-state index in [4.69, 9.17) is 4.74 Å². The van der Waals surface area contributed by atoms with Crippen LogP contribution >= 0.6 is 0 Å². The number of aromatic nitrogens is 2. The highest BCUT2D eigenvalue weighted by molar-refractivity contribution is 5.92. The van der Waals surface area contributed by atoms with E-state index in [9.17, 15) is 9.59 Å². The van der Waals surface area contributed by atoms with Crippen LogP contribution in [0.25, 0.3) is 0 Å². The fourth-order valence-corrected chi connectivity index (χ4v) is 3.94. The summed E-state index contributed by atoms with van der Waals surface area (Å²) in [7, 11) is 0. The SMILES string of the molecule is O=C1OC[C@H]2CN(C3CCN(C(=O)c4cnccn4)CC3)C[C@@H]12. The van der Waals surface area contributed by atoms with E-state index in [-0.39, 0.29) is 17.8 Å². The van der Waals surface area contributed by atoms with Gasteiger partial charge in [0.2, 0.25) is 0 Å². The molecular formula is C16H20N4O3. The fraction of sp³-hybridized carbons (Fsp3) is 0.625. The zero-order valence-electron chi connectivity index (χ0n) is 12.9. The van der Waals surface area contributed by atoms with Crippen molar-refractivity contribution < 1.29 is 14.3 Å². The molecule has 0 unspecified atom stereocenters. The van der Waals surface area contributed by atoms with Crippen LogP contribution in [-0.2, 0) is 9.53 Å². The molecule has 0 saturated carbocycles. The normalized spacial score (nSPS) is 28.7. The van der Waals surface area contributed by atoms with Crippen molar-refractivity contribution in [3.63, 3.8) is 0 Å². The van der Waals surface area contributed by atoms with Crippen molar-refractivity contribution >= 4 is 11.9 Å². The lowest BCUT2D eigenvalue weighted by molar-refractivity contribution is -0.141. The lowest BCUT2D eigenvalue weighted by Crippen LogP contribution is -2.46. The van der Waals surface area contributed by atoms with Gasteiger partial charge in [-0.3, -0.25) is 19.5 Å². The zero-order chi connectivity index (χ0) is 15.8. The van der Waals surface area contributed by atoms with Crippen molar-refractivity contribution in [1.29, 1.82) is 0 Å². The number of hydrogen-bond donors (Lipinski definition) is 0. The fourth-order valence-electron chi connectivity index (χ4n) is 3.94. The minimum Gasteiger partial charge on any atom is -0.465 e. The second-order valence-electron chi connectivity index (χ2n) is 6.56. The van der Waals surface area contributed by atoms with Gasteiger partial charge in [0.25, 0.3) is 5.91 Å². The molecule has 7 heteroatoms. The number of fused-ring (bicyclic) bond motifs is 1. The molecule has 23 heavy (non-hydrogen) atoms. The maximum atomic E-state index is 12.4. The van der Waals surface area contributed by atoms with Crippen LogP contribution in [0.5, 0.6) is 0 Å². The molecule has 0 N–H and O–H groups in total. The maximum Gasteiger partial charge on any atom is 0.310 e. The van der Waals surface area contributed by atoms with Crippen LogP contribution in [-0.4, -0.2) is 70.5 Å². The number of ether oxygens (including phenoxy) is 1. The Labute approximate surface area is 134 Å². The number of nitrogens with zero attached hydrogens (tertiary/aromatic N) is 4. The Bertz CT molecular complexity index is 601. The average molecular weight is 316 g/mol. The van der Waals surface area contributed by atoms with Crippen LogP contribution in [0.15, 0.2) is 18.6 Å². The Kier molecular flexibility index (Phi) is 3.72. The van der Waals surface area contributed by atoms with Gasteiger partial charge in [0.05, 0.1) is 18.7 Å². The molecule has 0 aromatic carbocycles. The summed E-state index contributed by atoms with van der Waals surface area (Å²) >= 11 is 0. The van der Waals surface area contributed by atoms with Crippen molar-refractivity contribution in [2.24, 2.45) is 11.8 Å². The monoisotopic (exact) mass is 316 g/mol. The molecule has 3 aliphatic heterocycles. The summed E-state index contributed by atoms with van der Waals surface area (Å²) in [4.78, 5) is 36.4. The minimum absolute atomic E-state index is 0.0345. The Morgan fingerprint density at radius 1 is 1.22 bits per heavy atom. The summed E-state index contributed by atoms with van der Waals surface area (Å²) in [6.45, 7) is 3.79. The van der Waals surface area contributed by atoms with E-state index in [0.29, 0.717) is 24.3 Å². The van der Waals surface area contributed by atoms with Crippen molar-refractivity contribution in [2.45, 2.75) is 18.9 Å². The van der Waals surface area contributed by atoms with Gasteiger partial charge in [-0.05, 0) is 12.8 Å². The molecule has 0 spiro atoms. The van der Waals surface area contributed by atoms with Crippen LogP contribution in [0.4, 0.5) is 0 Å². The van der Waals surface area contributed by atoms with Gasteiger partial charge >= 0.3 is 5.97 Å². The van der Waals surface area contributed by atoms with Gasteiger partial charge in [-0.25, -0.2) is 4.98 Å². The highest BCUT2D eigenvalue weighted by Crippen LogP contribution is 2.33. The standard InChI is InChI=1S/C16H20N4O3/c21-15(14-7-17-3-4-18-14)19-5-1-12(2-6-19)20-8-11-10-23-16(22)13(11)9-20/h3-4,7,11-13H,1-2,5-6,8-10H2/t11-,13-/m1/s1. The molecule has 1 amide bonds. The summed E-state index contributed by atoms with van der Waals surface area (Å²) in [5.41, 5.74) is 0.407. The van der Waals surface area contributed by atoms with E-state index in [1.807, 2.05) is 4.90 Å². The van der Waals surface area contributed by atoms with E-state index >= 15 is 0 Å².